The molecule has 1 atom stereocenters. The van der Waals surface area contributed by atoms with Gasteiger partial charge in [-0.2, -0.15) is 0 Å². The van der Waals surface area contributed by atoms with E-state index in [1.807, 2.05) is 35.2 Å². The van der Waals surface area contributed by atoms with Crippen molar-refractivity contribution in [3.05, 3.63) is 35.9 Å². The minimum Gasteiger partial charge on any atom is -0.376 e. The Kier molecular flexibility index (Phi) is 7.69. The summed E-state index contributed by atoms with van der Waals surface area (Å²) in [7, 11) is 0. The van der Waals surface area contributed by atoms with Crippen molar-refractivity contribution >= 4 is 11.8 Å². The van der Waals surface area contributed by atoms with Gasteiger partial charge in [0.05, 0.1) is 12.6 Å². The van der Waals surface area contributed by atoms with Gasteiger partial charge in [0.25, 0.3) is 0 Å². The van der Waals surface area contributed by atoms with Gasteiger partial charge in [-0.05, 0) is 31.2 Å². The molecule has 2 amide bonds. The SMILES string of the molecule is O=C1CCCCCCCN1CC(=O)N(Cc1ccccc1)CC1CCCO1. The second-order valence-corrected chi connectivity index (χ2v) is 7.73. The Morgan fingerprint density at radius 1 is 1.07 bits per heavy atom. The van der Waals surface area contributed by atoms with E-state index in [9.17, 15) is 9.59 Å². The van der Waals surface area contributed by atoms with E-state index in [1.165, 1.54) is 6.42 Å². The van der Waals surface area contributed by atoms with E-state index < -0.39 is 0 Å². The van der Waals surface area contributed by atoms with Crippen LogP contribution in [0.15, 0.2) is 30.3 Å². The Balaban J connectivity index is 1.65. The largest absolute Gasteiger partial charge is 0.376 e. The summed E-state index contributed by atoms with van der Waals surface area (Å²) in [4.78, 5) is 29.3. The Morgan fingerprint density at radius 2 is 1.85 bits per heavy atom. The van der Waals surface area contributed by atoms with Gasteiger partial charge in [-0.3, -0.25) is 9.59 Å². The van der Waals surface area contributed by atoms with Crippen LogP contribution in [-0.4, -0.2) is 54.0 Å². The zero-order valence-corrected chi connectivity index (χ0v) is 16.3. The van der Waals surface area contributed by atoms with Crippen LogP contribution in [0.2, 0.25) is 0 Å². The van der Waals surface area contributed by atoms with Crippen LogP contribution in [0.5, 0.6) is 0 Å². The zero-order valence-electron chi connectivity index (χ0n) is 16.3. The second kappa shape index (κ2) is 10.5. The molecule has 148 valence electrons. The number of rotatable bonds is 6. The molecule has 1 unspecified atom stereocenters. The number of hydrogen-bond donors (Lipinski definition) is 0. The molecule has 2 aliphatic heterocycles. The molecule has 1 aromatic rings. The predicted molar refractivity (Wildman–Crippen MR) is 105 cm³/mol. The van der Waals surface area contributed by atoms with Gasteiger partial charge < -0.3 is 14.5 Å². The van der Waals surface area contributed by atoms with Crippen molar-refractivity contribution in [2.24, 2.45) is 0 Å². The highest BCUT2D eigenvalue weighted by Crippen LogP contribution is 2.17. The van der Waals surface area contributed by atoms with E-state index in [2.05, 4.69) is 0 Å². The third-order valence-electron chi connectivity index (χ3n) is 5.51. The van der Waals surface area contributed by atoms with Gasteiger partial charge in [-0.25, -0.2) is 0 Å². The monoisotopic (exact) mass is 372 g/mol. The lowest BCUT2D eigenvalue weighted by atomic mass is 10.1. The van der Waals surface area contributed by atoms with E-state index in [0.29, 0.717) is 26.1 Å². The molecule has 5 heteroatoms. The lowest BCUT2D eigenvalue weighted by Gasteiger charge is -2.29. The van der Waals surface area contributed by atoms with Crippen molar-refractivity contribution in [1.82, 2.24) is 9.80 Å². The topological polar surface area (TPSA) is 49.9 Å². The molecule has 2 fully saturated rings. The number of carbonyl (C=O) groups is 2. The van der Waals surface area contributed by atoms with Crippen LogP contribution in [0, 0.1) is 0 Å². The van der Waals surface area contributed by atoms with Crippen molar-refractivity contribution in [3.63, 3.8) is 0 Å². The van der Waals surface area contributed by atoms with Gasteiger partial charge in [0, 0.05) is 32.7 Å². The fraction of sp³-hybridized carbons (Fsp3) is 0.636. The summed E-state index contributed by atoms with van der Waals surface area (Å²) in [6.45, 7) is 2.85. The molecule has 0 aromatic heterocycles. The van der Waals surface area contributed by atoms with Crippen molar-refractivity contribution in [3.8, 4) is 0 Å². The molecule has 1 aromatic carbocycles. The molecule has 2 aliphatic rings. The highest BCUT2D eigenvalue weighted by molar-refractivity contribution is 5.85. The van der Waals surface area contributed by atoms with Crippen molar-refractivity contribution < 1.29 is 14.3 Å². The molecule has 2 saturated heterocycles. The first-order valence-electron chi connectivity index (χ1n) is 10.4. The fourth-order valence-corrected chi connectivity index (χ4v) is 3.92. The van der Waals surface area contributed by atoms with E-state index in [-0.39, 0.29) is 24.5 Å². The molecule has 0 bridgehead atoms. The van der Waals surface area contributed by atoms with Crippen LogP contribution < -0.4 is 0 Å². The Bertz CT molecular complexity index is 599. The molecular weight excluding hydrogens is 340 g/mol. The molecule has 5 nitrogen and oxygen atoms in total. The molecule has 0 saturated carbocycles. The van der Waals surface area contributed by atoms with Crippen LogP contribution in [0.25, 0.3) is 0 Å². The van der Waals surface area contributed by atoms with Crippen molar-refractivity contribution in [2.45, 2.75) is 64.0 Å². The van der Waals surface area contributed by atoms with E-state index in [1.54, 1.807) is 4.90 Å². The summed E-state index contributed by atoms with van der Waals surface area (Å²) < 4.78 is 5.76. The number of hydrogen-bond acceptors (Lipinski definition) is 3. The molecule has 0 N–H and O–H groups in total. The highest BCUT2D eigenvalue weighted by atomic mass is 16.5. The fourth-order valence-electron chi connectivity index (χ4n) is 3.92. The maximum absolute atomic E-state index is 13.1. The summed E-state index contributed by atoms with van der Waals surface area (Å²) in [5.74, 6) is 0.156. The van der Waals surface area contributed by atoms with Gasteiger partial charge in [-0.1, -0.05) is 49.6 Å². The lowest BCUT2D eigenvalue weighted by Crippen LogP contribution is -2.45. The summed E-state index contributed by atoms with van der Waals surface area (Å²) in [6, 6.07) is 10.1. The highest BCUT2D eigenvalue weighted by Gasteiger charge is 2.25. The van der Waals surface area contributed by atoms with E-state index in [0.717, 1.165) is 50.7 Å². The molecule has 0 radical (unpaired) electrons. The smallest absolute Gasteiger partial charge is 0.242 e. The van der Waals surface area contributed by atoms with Gasteiger partial charge >= 0.3 is 0 Å². The van der Waals surface area contributed by atoms with Gasteiger partial charge in [0.2, 0.25) is 11.8 Å². The minimum atomic E-state index is 0.0296. The third kappa shape index (κ3) is 6.35. The quantitative estimate of drug-likeness (QED) is 0.769. The first-order chi connectivity index (χ1) is 13.2. The lowest BCUT2D eigenvalue weighted by molar-refractivity contribution is -0.141. The van der Waals surface area contributed by atoms with Crippen LogP contribution >= 0.6 is 0 Å². The van der Waals surface area contributed by atoms with Crippen molar-refractivity contribution in [2.75, 3.05) is 26.2 Å². The molecule has 0 spiro atoms. The second-order valence-electron chi connectivity index (χ2n) is 7.73. The molecule has 3 rings (SSSR count). The third-order valence-corrected chi connectivity index (χ3v) is 5.51. The number of carbonyl (C=O) groups excluding carboxylic acids is 2. The summed E-state index contributed by atoms with van der Waals surface area (Å²) in [6.07, 6.45) is 8.12. The van der Waals surface area contributed by atoms with Crippen LogP contribution in [0.3, 0.4) is 0 Å². The first-order valence-corrected chi connectivity index (χ1v) is 10.4. The Morgan fingerprint density at radius 3 is 2.63 bits per heavy atom. The number of nitrogens with zero attached hydrogens (tertiary/aromatic N) is 2. The number of ether oxygens (including phenoxy) is 1. The van der Waals surface area contributed by atoms with Crippen LogP contribution in [-0.2, 0) is 20.9 Å². The Labute approximate surface area is 162 Å². The van der Waals surface area contributed by atoms with E-state index >= 15 is 0 Å². The first kappa shape index (κ1) is 19.9. The van der Waals surface area contributed by atoms with Gasteiger partial charge in [0.15, 0.2) is 0 Å². The minimum absolute atomic E-state index is 0.0296. The maximum atomic E-state index is 13.1. The van der Waals surface area contributed by atoms with Crippen molar-refractivity contribution in [1.29, 1.82) is 0 Å². The summed E-state index contributed by atoms with van der Waals surface area (Å²) >= 11 is 0. The van der Waals surface area contributed by atoms with Gasteiger partial charge in [0.1, 0.15) is 0 Å². The van der Waals surface area contributed by atoms with Crippen LogP contribution in [0.4, 0.5) is 0 Å². The Hall–Kier alpha value is -1.88. The average Bonchev–Trinajstić information content (AvgIpc) is 3.21. The van der Waals surface area contributed by atoms with Gasteiger partial charge in [-0.15, -0.1) is 0 Å². The maximum Gasteiger partial charge on any atom is 0.242 e. The molecule has 0 aliphatic carbocycles. The standard InChI is InChI=1S/C22H32N2O3/c25-21-13-7-2-1-3-8-14-23(21)18-22(26)24(17-20-12-9-15-27-20)16-19-10-5-4-6-11-19/h4-6,10-11,20H,1-3,7-9,12-18H2. The predicted octanol–water partition coefficient (Wildman–Crippen LogP) is 3.38. The van der Waals surface area contributed by atoms with Crippen LogP contribution in [0.1, 0.15) is 56.9 Å². The molecule has 2 heterocycles. The summed E-state index contributed by atoms with van der Waals surface area (Å²) in [5.41, 5.74) is 1.11. The summed E-state index contributed by atoms with van der Waals surface area (Å²) in [5, 5.41) is 0. The number of amides is 2. The number of benzene rings is 1. The van der Waals surface area contributed by atoms with E-state index in [4.69, 9.17) is 4.74 Å². The zero-order chi connectivity index (χ0) is 18.9. The average molecular weight is 373 g/mol. The normalized spacial score (nSPS) is 21.4. The molecular formula is C22H32N2O3. The molecule has 27 heavy (non-hydrogen) atoms.